The zero-order valence-corrected chi connectivity index (χ0v) is 12.5. The van der Waals surface area contributed by atoms with Crippen molar-refractivity contribution in [2.75, 3.05) is 20.3 Å². The number of rotatable bonds is 7. The molecular weight excluding hydrogens is 274 g/mol. The molecule has 0 aromatic heterocycles. The first-order valence-electron chi connectivity index (χ1n) is 6.66. The molecule has 1 aromatic carbocycles. The number of hydrogen-bond donors (Lipinski definition) is 1. The molecule has 0 aliphatic carbocycles. The Morgan fingerprint density at radius 3 is 2.38 bits per heavy atom. The van der Waals surface area contributed by atoms with Gasteiger partial charge in [-0.15, -0.1) is 0 Å². The number of amides is 1. The van der Waals surface area contributed by atoms with E-state index < -0.39 is 17.6 Å². The second kappa shape index (κ2) is 7.64. The van der Waals surface area contributed by atoms with Gasteiger partial charge in [-0.3, -0.25) is 4.90 Å². The molecule has 116 valence electrons. The van der Waals surface area contributed by atoms with Gasteiger partial charge in [0.05, 0.1) is 6.61 Å². The van der Waals surface area contributed by atoms with E-state index in [0.29, 0.717) is 0 Å². The molecule has 0 saturated carbocycles. The number of methoxy groups -OCH3 is 1. The van der Waals surface area contributed by atoms with Crippen LogP contribution in [0.3, 0.4) is 0 Å². The summed E-state index contributed by atoms with van der Waals surface area (Å²) in [5.41, 5.74) is -0.622. The summed E-state index contributed by atoms with van der Waals surface area (Å²) >= 11 is 0. The van der Waals surface area contributed by atoms with E-state index in [2.05, 4.69) is 0 Å². The van der Waals surface area contributed by atoms with Crippen molar-refractivity contribution in [3.63, 3.8) is 0 Å². The summed E-state index contributed by atoms with van der Waals surface area (Å²) < 4.78 is 10.1. The van der Waals surface area contributed by atoms with Crippen LogP contribution in [-0.2, 0) is 20.9 Å². The molecule has 0 aliphatic rings. The van der Waals surface area contributed by atoms with Gasteiger partial charge >= 0.3 is 12.1 Å². The van der Waals surface area contributed by atoms with Crippen molar-refractivity contribution in [1.82, 2.24) is 4.90 Å². The minimum Gasteiger partial charge on any atom is -0.479 e. The Morgan fingerprint density at radius 2 is 1.90 bits per heavy atom. The van der Waals surface area contributed by atoms with Crippen molar-refractivity contribution in [2.24, 2.45) is 0 Å². The maximum absolute atomic E-state index is 12.2. The molecule has 1 amide bonds. The number of carboxylic acid groups (broad SMARTS) is 1. The Bertz CT molecular complexity index is 476. The standard InChI is InChI=1S/C15H21NO5/c1-4-16(15(2,11-20-3)13(17)18)14(19)21-10-12-8-6-5-7-9-12/h5-9H,4,10-11H2,1-3H3,(H,17,18). The van der Waals surface area contributed by atoms with Crippen LogP contribution in [0, 0.1) is 0 Å². The molecule has 0 heterocycles. The maximum Gasteiger partial charge on any atom is 0.411 e. The van der Waals surface area contributed by atoms with Gasteiger partial charge in [0.1, 0.15) is 6.61 Å². The van der Waals surface area contributed by atoms with Gasteiger partial charge in [-0.05, 0) is 19.4 Å². The first-order chi connectivity index (χ1) is 9.95. The third kappa shape index (κ3) is 4.19. The summed E-state index contributed by atoms with van der Waals surface area (Å²) in [6.45, 7) is 3.32. The molecule has 6 heteroatoms. The molecule has 1 unspecified atom stereocenters. The largest absolute Gasteiger partial charge is 0.479 e. The van der Waals surface area contributed by atoms with Gasteiger partial charge in [-0.2, -0.15) is 0 Å². The number of aliphatic carboxylic acids is 1. The van der Waals surface area contributed by atoms with Crippen LogP contribution in [0.2, 0.25) is 0 Å². The van der Waals surface area contributed by atoms with Gasteiger partial charge in [0.2, 0.25) is 0 Å². The Hall–Kier alpha value is -2.08. The summed E-state index contributed by atoms with van der Waals surface area (Å²) in [5.74, 6) is -1.14. The average molecular weight is 295 g/mol. The quantitative estimate of drug-likeness (QED) is 0.834. The normalized spacial score (nSPS) is 13.3. The number of benzene rings is 1. The van der Waals surface area contributed by atoms with E-state index in [1.807, 2.05) is 30.3 Å². The summed E-state index contributed by atoms with van der Waals surface area (Å²) in [6.07, 6.45) is -0.677. The summed E-state index contributed by atoms with van der Waals surface area (Å²) in [4.78, 5) is 24.8. The highest BCUT2D eigenvalue weighted by Crippen LogP contribution is 2.18. The fourth-order valence-electron chi connectivity index (χ4n) is 2.01. The highest BCUT2D eigenvalue weighted by molar-refractivity contribution is 5.84. The van der Waals surface area contributed by atoms with Crippen LogP contribution in [0.5, 0.6) is 0 Å². The number of carboxylic acids is 1. The van der Waals surface area contributed by atoms with Gasteiger partial charge in [0.25, 0.3) is 0 Å². The first kappa shape index (κ1) is 17.0. The number of likely N-dealkylation sites (N-methyl/N-ethyl adjacent to an activating group) is 1. The Morgan fingerprint density at radius 1 is 1.29 bits per heavy atom. The number of ether oxygens (including phenoxy) is 2. The van der Waals surface area contributed by atoms with E-state index in [-0.39, 0.29) is 19.8 Å². The SMILES string of the molecule is CCN(C(=O)OCc1ccccc1)C(C)(COC)C(=O)O. The lowest BCUT2D eigenvalue weighted by Crippen LogP contribution is -2.57. The number of hydrogen-bond acceptors (Lipinski definition) is 4. The predicted molar refractivity (Wildman–Crippen MR) is 76.9 cm³/mol. The van der Waals surface area contributed by atoms with Crippen LogP contribution < -0.4 is 0 Å². The summed E-state index contributed by atoms with van der Waals surface area (Å²) in [7, 11) is 1.39. The van der Waals surface area contributed by atoms with Gasteiger partial charge in [0.15, 0.2) is 5.54 Å². The Balaban J connectivity index is 2.78. The van der Waals surface area contributed by atoms with E-state index in [0.717, 1.165) is 10.5 Å². The van der Waals surface area contributed by atoms with Crippen LogP contribution in [0.15, 0.2) is 30.3 Å². The molecule has 1 N–H and O–H groups in total. The fourth-order valence-corrected chi connectivity index (χ4v) is 2.01. The van der Waals surface area contributed by atoms with Crippen molar-refractivity contribution >= 4 is 12.1 Å². The lowest BCUT2D eigenvalue weighted by Gasteiger charge is -2.35. The predicted octanol–water partition coefficient (Wildman–Crippen LogP) is 2.13. The van der Waals surface area contributed by atoms with Crippen molar-refractivity contribution in [2.45, 2.75) is 26.0 Å². The third-order valence-corrected chi connectivity index (χ3v) is 3.22. The smallest absolute Gasteiger partial charge is 0.411 e. The average Bonchev–Trinajstić information content (AvgIpc) is 2.47. The molecule has 6 nitrogen and oxygen atoms in total. The van der Waals surface area contributed by atoms with E-state index >= 15 is 0 Å². The van der Waals surface area contributed by atoms with Crippen LogP contribution in [0.4, 0.5) is 4.79 Å². The maximum atomic E-state index is 12.2. The van der Waals surface area contributed by atoms with Crippen molar-refractivity contribution in [3.8, 4) is 0 Å². The molecule has 21 heavy (non-hydrogen) atoms. The summed E-state index contributed by atoms with van der Waals surface area (Å²) in [5, 5.41) is 9.37. The van der Waals surface area contributed by atoms with E-state index in [4.69, 9.17) is 9.47 Å². The molecular formula is C15H21NO5. The molecule has 0 fully saturated rings. The second-order valence-corrected chi connectivity index (χ2v) is 4.80. The minimum absolute atomic E-state index is 0.0961. The zero-order valence-electron chi connectivity index (χ0n) is 12.5. The van der Waals surface area contributed by atoms with Crippen molar-refractivity contribution < 1.29 is 24.2 Å². The third-order valence-electron chi connectivity index (χ3n) is 3.22. The number of carbonyl (C=O) groups is 2. The van der Waals surface area contributed by atoms with E-state index in [1.165, 1.54) is 14.0 Å². The van der Waals surface area contributed by atoms with Crippen LogP contribution in [-0.4, -0.2) is 47.9 Å². The van der Waals surface area contributed by atoms with Crippen molar-refractivity contribution in [1.29, 1.82) is 0 Å². The molecule has 1 aromatic rings. The molecule has 0 saturated heterocycles. The minimum atomic E-state index is -1.46. The molecule has 0 aliphatic heterocycles. The molecule has 1 rings (SSSR count). The first-order valence-corrected chi connectivity index (χ1v) is 6.66. The van der Waals surface area contributed by atoms with Crippen molar-refractivity contribution in [3.05, 3.63) is 35.9 Å². The Labute approximate surface area is 124 Å². The molecule has 0 spiro atoms. The summed E-state index contributed by atoms with van der Waals surface area (Å²) in [6, 6.07) is 9.20. The number of nitrogens with zero attached hydrogens (tertiary/aromatic N) is 1. The Kier molecular flexibility index (Phi) is 6.17. The van der Waals surface area contributed by atoms with Crippen LogP contribution in [0.25, 0.3) is 0 Å². The molecule has 0 bridgehead atoms. The van der Waals surface area contributed by atoms with Gasteiger partial charge in [-0.25, -0.2) is 9.59 Å². The number of carbonyl (C=O) groups excluding carboxylic acids is 1. The topological polar surface area (TPSA) is 76.1 Å². The second-order valence-electron chi connectivity index (χ2n) is 4.80. The lowest BCUT2D eigenvalue weighted by molar-refractivity contribution is -0.152. The fraction of sp³-hybridized carbons (Fsp3) is 0.467. The highest BCUT2D eigenvalue weighted by Gasteiger charge is 2.42. The monoisotopic (exact) mass is 295 g/mol. The van der Waals surface area contributed by atoms with Gasteiger partial charge in [-0.1, -0.05) is 30.3 Å². The van der Waals surface area contributed by atoms with Crippen LogP contribution >= 0.6 is 0 Å². The molecule has 1 atom stereocenters. The van der Waals surface area contributed by atoms with Gasteiger partial charge < -0.3 is 14.6 Å². The van der Waals surface area contributed by atoms with Crippen LogP contribution in [0.1, 0.15) is 19.4 Å². The molecule has 0 radical (unpaired) electrons. The van der Waals surface area contributed by atoms with E-state index in [9.17, 15) is 14.7 Å². The highest BCUT2D eigenvalue weighted by atomic mass is 16.6. The van der Waals surface area contributed by atoms with E-state index in [1.54, 1.807) is 6.92 Å². The lowest BCUT2D eigenvalue weighted by atomic mass is 10.0. The zero-order chi connectivity index (χ0) is 15.9. The van der Waals surface area contributed by atoms with Gasteiger partial charge in [0, 0.05) is 13.7 Å².